The van der Waals surface area contributed by atoms with Gasteiger partial charge in [0.05, 0.1) is 25.9 Å². The van der Waals surface area contributed by atoms with Gasteiger partial charge in [0.2, 0.25) is 0 Å². The van der Waals surface area contributed by atoms with Gasteiger partial charge in [0.15, 0.2) is 5.79 Å². The third-order valence-corrected chi connectivity index (χ3v) is 7.29. The highest BCUT2D eigenvalue weighted by Gasteiger charge is 2.54. The third-order valence-electron chi connectivity index (χ3n) is 7.29. The largest absolute Gasteiger partial charge is 0.465 e. The van der Waals surface area contributed by atoms with Crippen molar-refractivity contribution in [1.82, 2.24) is 0 Å². The van der Waals surface area contributed by atoms with E-state index in [1.807, 2.05) is 19.9 Å². The SMILES string of the molecule is CC.COC(=O)c1ccc2c(c1)CCC1CC3(CCC21Cc1ccccc1)OCCO3. The number of hydrogen-bond donors (Lipinski definition) is 0. The van der Waals surface area contributed by atoms with Crippen LogP contribution in [0.3, 0.4) is 0 Å². The van der Waals surface area contributed by atoms with E-state index in [0.29, 0.717) is 24.7 Å². The molecule has 1 saturated carbocycles. The van der Waals surface area contributed by atoms with Crippen LogP contribution in [-0.2, 0) is 32.5 Å². The van der Waals surface area contributed by atoms with Crippen molar-refractivity contribution in [2.75, 3.05) is 20.3 Å². The van der Waals surface area contributed by atoms with Crippen LogP contribution in [0, 0.1) is 5.92 Å². The van der Waals surface area contributed by atoms with Gasteiger partial charge < -0.3 is 14.2 Å². The Kier molecular flexibility index (Phi) is 6.49. The van der Waals surface area contributed by atoms with E-state index in [0.717, 1.165) is 38.5 Å². The molecule has 3 aliphatic rings. The topological polar surface area (TPSA) is 44.8 Å². The van der Waals surface area contributed by atoms with Crippen molar-refractivity contribution in [2.24, 2.45) is 5.92 Å². The van der Waals surface area contributed by atoms with Crippen LogP contribution >= 0.6 is 0 Å². The number of carbonyl (C=O) groups is 1. The van der Waals surface area contributed by atoms with Gasteiger partial charge in [-0.15, -0.1) is 0 Å². The maximum Gasteiger partial charge on any atom is 0.337 e. The van der Waals surface area contributed by atoms with Crippen LogP contribution in [0.1, 0.15) is 66.6 Å². The predicted octanol–water partition coefficient (Wildman–Crippen LogP) is 5.47. The molecule has 5 rings (SSSR count). The van der Waals surface area contributed by atoms with E-state index < -0.39 is 0 Å². The number of rotatable bonds is 3. The van der Waals surface area contributed by atoms with Gasteiger partial charge >= 0.3 is 5.97 Å². The fraction of sp³-hybridized carbons (Fsp3) is 0.519. The van der Waals surface area contributed by atoms with Gasteiger partial charge in [-0.3, -0.25) is 0 Å². The first kappa shape index (κ1) is 22.0. The van der Waals surface area contributed by atoms with Crippen LogP contribution in [0.4, 0.5) is 0 Å². The van der Waals surface area contributed by atoms with E-state index in [2.05, 4.69) is 42.5 Å². The molecule has 0 radical (unpaired) electrons. The van der Waals surface area contributed by atoms with Crippen molar-refractivity contribution in [3.63, 3.8) is 0 Å². The monoisotopic (exact) mass is 422 g/mol. The minimum atomic E-state index is -0.381. The molecule has 0 aromatic heterocycles. The predicted molar refractivity (Wildman–Crippen MR) is 121 cm³/mol. The molecule has 4 heteroatoms. The van der Waals surface area contributed by atoms with E-state index in [9.17, 15) is 4.79 Å². The van der Waals surface area contributed by atoms with E-state index in [1.165, 1.54) is 23.8 Å². The second-order valence-electron chi connectivity index (χ2n) is 8.73. The highest BCUT2D eigenvalue weighted by Crippen LogP contribution is 2.56. The molecule has 2 unspecified atom stereocenters. The van der Waals surface area contributed by atoms with Crippen molar-refractivity contribution in [3.8, 4) is 0 Å². The molecule has 1 aliphatic heterocycles. The Bertz CT molecular complexity index is 901. The number of benzene rings is 2. The van der Waals surface area contributed by atoms with E-state index in [4.69, 9.17) is 14.2 Å². The lowest BCUT2D eigenvalue weighted by molar-refractivity contribution is -0.200. The van der Waals surface area contributed by atoms with Crippen molar-refractivity contribution < 1.29 is 19.0 Å². The number of fused-ring (bicyclic) bond motifs is 3. The summed E-state index contributed by atoms with van der Waals surface area (Å²) in [5.41, 5.74) is 4.77. The molecule has 1 heterocycles. The first-order chi connectivity index (χ1) is 15.1. The fourth-order valence-corrected chi connectivity index (χ4v) is 5.93. The summed E-state index contributed by atoms with van der Waals surface area (Å²) in [6.45, 7) is 5.41. The molecule has 1 saturated heterocycles. The number of carbonyl (C=O) groups excluding carboxylic acids is 1. The van der Waals surface area contributed by atoms with Crippen molar-refractivity contribution in [2.45, 2.75) is 63.6 Å². The van der Waals surface area contributed by atoms with Gasteiger partial charge in [-0.05, 0) is 60.4 Å². The summed E-state index contributed by atoms with van der Waals surface area (Å²) in [7, 11) is 1.44. The summed E-state index contributed by atoms with van der Waals surface area (Å²) in [5.74, 6) is -0.137. The lowest BCUT2D eigenvalue weighted by Crippen LogP contribution is -2.51. The van der Waals surface area contributed by atoms with Gasteiger partial charge in [-0.1, -0.05) is 50.2 Å². The molecule has 0 N–H and O–H groups in total. The highest BCUT2D eigenvalue weighted by atomic mass is 16.7. The van der Waals surface area contributed by atoms with E-state index >= 15 is 0 Å². The second-order valence-corrected chi connectivity index (χ2v) is 8.73. The van der Waals surface area contributed by atoms with Crippen LogP contribution in [-0.4, -0.2) is 32.1 Å². The minimum Gasteiger partial charge on any atom is -0.465 e. The first-order valence-corrected chi connectivity index (χ1v) is 11.7. The van der Waals surface area contributed by atoms with Crippen LogP contribution in [0.2, 0.25) is 0 Å². The van der Waals surface area contributed by atoms with E-state index in [-0.39, 0.29) is 17.2 Å². The summed E-state index contributed by atoms with van der Waals surface area (Å²) < 4.78 is 17.1. The lowest BCUT2D eigenvalue weighted by atomic mass is 9.54. The number of aryl methyl sites for hydroxylation is 1. The summed E-state index contributed by atoms with van der Waals surface area (Å²) in [6.07, 6.45) is 6.01. The molecule has 31 heavy (non-hydrogen) atoms. The quantitative estimate of drug-likeness (QED) is 0.616. The molecule has 2 aromatic carbocycles. The van der Waals surface area contributed by atoms with Crippen LogP contribution in [0.15, 0.2) is 48.5 Å². The maximum atomic E-state index is 12.1. The molecule has 2 aromatic rings. The molecular formula is C27H34O4. The van der Waals surface area contributed by atoms with Crippen LogP contribution in [0.5, 0.6) is 0 Å². The Morgan fingerprint density at radius 2 is 1.81 bits per heavy atom. The molecule has 166 valence electrons. The van der Waals surface area contributed by atoms with E-state index in [1.54, 1.807) is 0 Å². The third kappa shape index (κ3) is 4.04. The Labute approximate surface area is 185 Å². The molecule has 0 bridgehead atoms. The zero-order valence-electron chi connectivity index (χ0n) is 19.0. The summed E-state index contributed by atoms with van der Waals surface area (Å²) in [5, 5.41) is 0. The molecule has 4 nitrogen and oxygen atoms in total. The molecular weight excluding hydrogens is 388 g/mol. The lowest BCUT2D eigenvalue weighted by Gasteiger charge is -2.53. The number of methoxy groups -OCH3 is 1. The Morgan fingerprint density at radius 1 is 1.06 bits per heavy atom. The van der Waals surface area contributed by atoms with Gasteiger partial charge in [0.25, 0.3) is 0 Å². The van der Waals surface area contributed by atoms with Gasteiger partial charge in [0.1, 0.15) is 0 Å². The summed E-state index contributed by atoms with van der Waals surface area (Å²) in [6, 6.07) is 17.0. The van der Waals surface area contributed by atoms with Crippen molar-refractivity contribution >= 4 is 5.97 Å². The fourth-order valence-electron chi connectivity index (χ4n) is 5.93. The normalized spacial score (nSPS) is 25.7. The molecule has 2 fully saturated rings. The number of ether oxygens (including phenoxy) is 3. The van der Waals surface area contributed by atoms with Crippen molar-refractivity contribution in [1.29, 1.82) is 0 Å². The maximum absolute atomic E-state index is 12.1. The highest BCUT2D eigenvalue weighted by molar-refractivity contribution is 5.89. The summed E-state index contributed by atoms with van der Waals surface area (Å²) in [4.78, 5) is 12.1. The number of hydrogen-bond acceptors (Lipinski definition) is 4. The Morgan fingerprint density at radius 3 is 2.52 bits per heavy atom. The zero-order valence-corrected chi connectivity index (χ0v) is 19.0. The second kappa shape index (κ2) is 9.13. The summed E-state index contributed by atoms with van der Waals surface area (Å²) >= 11 is 0. The smallest absolute Gasteiger partial charge is 0.337 e. The Hall–Kier alpha value is -2.17. The van der Waals surface area contributed by atoms with Gasteiger partial charge in [-0.2, -0.15) is 0 Å². The first-order valence-electron chi connectivity index (χ1n) is 11.7. The van der Waals surface area contributed by atoms with Gasteiger partial charge in [0, 0.05) is 18.3 Å². The molecule has 0 amide bonds. The molecule has 2 atom stereocenters. The average Bonchev–Trinajstić information content (AvgIpc) is 3.28. The van der Waals surface area contributed by atoms with Crippen LogP contribution in [0.25, 0.3) is 0 Å². The molecule has 1 spiro atoms. The average molecular weight is 423 g/mol. The van der Waals surface area contributed by atoms with Crippen molar-refractivity contribution in [3.05, 3.63) is 70.8 Å². The standard InChI is InChI=1S/C25H28O4.C2H6/c1-27-23(26)20-8-10-22-19(15-20)7-9-21-17-25(28-13-14-29-25)12-11-24(21,22)16-18-5-3-2-4-6-18;1-2/h2-6,8,10,15,21H,7,9,11-14,16-17H2,1H3;1-2H3. The number of esters is 1. The van der Waals surface area contributed by atoms with Gasteiger partial charge in [-0.25, -0.2) is 4.79 Å². The Balaban J connectivity index is 0.00000112. The van der Waals surface area contributed by atoms with Crippen LogP contribution < -0.4 is 0 Å². The minimum absolute atomic E-state index is 0.0597. The molecule has 2 aliphatic carbocycles. The zero-order chi connectivity index (χ0) is 21.9.